The van der Waals surface area contributed by atoms with Gasteiger partial charge >= 0.3 is 0 Å². The first-order chi connectivity index (χ1) is 16.4. The van der Waals surface area contributed by atoms with Crippen LogP contribution < -0.4 is 9.62 Å². The van der Waals surface area contributed by atoms with Crippen LogP contribution in [0, 0.1) is 20.8 Å². The quantitative estimate of drug-likeness (QED) is 0.502. The Kier molecular flexibility index (Phi) is 9.89. The van der Waals surface area contributed by atoms with Crippen LogP contribution in [0.2, 0.25) is 0 Å². The van der Waals surface area contributed by atoms with Crippen LogP contribution >= 0.6 is 0 Å². The highest BCUT2D eigenvalue weighted by Crippen LogP contribution is 2.24. The second kappa shape index (κ2) is 12.2. The van der Waals surface area contributed by atoms with Gasteiger partial charge in [0.15, 0.2) is 0 Å². The fraction of sp³-hybridized carbons (Fsp3) is 0.481. The Balaban J connectivity index is 2.49. The molecule has 2 rings (SSSR count). The molecule has 0 saturated carbocycles. The van der Waals surface area contributed by atoms with Gasteiger partial charge in [-0.25, -0.2) is 8.42 Å². The lowest BCUT2D eigenvalue weighted by Gasteiger charge is -2.34. The standard InChI is InChI=1S/C27H39N3O4S/c1-8-22(6)28-27(32)24(9-2)29(17-23-13-11-10-12-20(23)4)26(31)18-30(35(7,33)34)25-15-14-19(3)16-21(25)5/h10-16,22,24H,8-9,17-18H2,1-7H3,(H,28,32)/t22-,24-/m1/s1. The monoisotopic (exact) mass is 501 g/mol. The average Bonchev–Trinajstić information content (AvgIpc) is 2.78. The molecule has 35 heavy (non-hydrogen) atoms. The zero-order valence-electron chi connectivity index (χ0n) is 22.0. The predicted molar refractivity (Wildman–Crippen MR) is 142 cm³/mol. The molecule has 0 aliphatic heterocycles. The number of nitrogens with one attached hydrogen (secondary N) is 1. The van der Waals surface area contributed by atoms with Crippen LogP contribution in [0.3, 0.4) is 0 Å². The van der Waals surface area contributed by atoms with Crippen LogP contribution in [-0.4, -0.2) is 50.0 Å². The SMILES string of the molecule is CC[C@@H](C)NC(=O)[C@@H](CC)N(Cc1ccccc1C)C(=O)CN(c1ccc(C)cc1C)S(C)(=O)=O. The number of sulfonamides is 1. The molecule has 2 aromatic carbocycles. The Labute approximate surface area is 210 Å². The molecule has 0 bridgehead atoms. The van der Waals surface area contributed by atoms with E-state index in [-0.39, 0.29) is 25.0 Å². The molecular weight excluding hydrogens is 462 g/mol. The lowest BCUT2D eigenvalue weighted by Crippen LogP contribution is -2.53. The van der Waals surface area contributed by atoms with Crippen molar-refractivity contribution in [3.8, 4) is 0 Å². The molecule has 0 spiro atoms. The van der Waals surface area contributed by atoms with Gasteiger partial charge in [0.1, 0.15) is 12.6 Å². The summed E-state index contributed by atoms with van der Waals surface area (Å²) in [6.07, 6.45) is 2.27. The Hall–Kier alpha value is -2.87. The fourth-order valence-corrected chi connectivity index (χ4v) is 4.92. The number of carbonyl (C=O) groups is 2. The van der Waals surface area contributed by atoms with Crippen LogP contribution in [0.4, 0.5) is 5.69 Å². The van der Waals surface area contributed by atoms with E-state index in [1.165, 1.54) is 4.90 Å². The van der Waals surface area contributed by atoms with Crippen molar-refractivity contribution < 1.29 is 18.0 Å². The van der Waals surface area contributed by atoms with Crippen molar-refractivity contribution >= 4 is 27.5 Å². The number of carbonyl (C=O) groups excluding carboxylic acids is 2. The summed E-state index contributed by atoms with van der Waals surface area (Å²) in [7, 11) is -3.75. The van der Waals surface area contributed by atoms with E-state index in [0.29, 0.717) is 12.1 Å². The first-order valence-corrected chi connectivity index (χ1v) is 13.9. The molecule has 0 unspecified atom stereocenters. The Morgan fingerprint density at radius 2 is 1.63 bits per heavy atom. The van der Waals surface area contributed by atoms with E-state index in [9.17, 15) is 18.0 Å². The average molecular weight is 502 g/mol. The number of benzene rings is 2. The molecule has 2 aromatic rings. The Morgan fingerprint density at radius 3 is 2.17 bits per heavy atom. The van der Waals surface area contributed by atoms with Gasteiger partial charge in [0.25, 0.3) is 0 Å². The highest BCUT2D eigenvalue weighted by atomic mass is 32.2. The minimum atomic E-state index is -3.75. The van der Waals surface area contributed by atoms with Crippen molar-refractivity contribution in [1.82, 2.24) is 10.2 Å². The van der Waals surface area contributed by atoms with E-state index in [1.54, 1.807) is 6.07 Å². The normalized spacial score (nSPS) is 13.1. The number of hydrogen-bond donors (Lipinski definition) is 1. The smallest absolute Gasteiger partial charge is 0.244 e. The number of nitrogens with zero attached hydrogens (tertiary/aromatic N) is 2. The molecule has 2 amide bonds. The number of hydrogen-bond acceptors (Lipinski definition) is 4. The zero-order valence-corrected chi connectivity index (χ0v) is 22.8. The number of aryl methyl sites for hydroxylation is 3. The Bertz CT molecular complexity index is 1150. The molecule has 2 atom stereocenters. The third-order valence-corrected chi connectivity index (χ3v) is 7.42. The van der Waals surface area contributed by atoms with Crippen LogP contribution in [-0.2, 0) is 26.2 Å². The van der Waals surface area contributed by atoms with Gasteiger partial charge in [0.2, 0.25) is 21.8 Å². The largest absolute Gasteiger partial charge is 0.352 e. The molecule has 0 saturated heterocycles. The van der Waals surface area contributed by atoms with E-state index in [0.717, 1.165) is 39.2 Å². The van der Waals surface area contributed by atoms with E-state index in [4.69, 9.17) is 0 Å². The number of rotatable bonds is 11. The van der Waals surface area contributed by atoms with Crippen molar-refractivity contribution in [2.45, 2.75) is 73.0 Å². The molecule has 0 aliphatic rings. The summed E-state index contributed by atoms with van der Waals surface area (Å²) in [5.74, 6) is -0.661. The summed E-state index contributed by atoms with van der Waals surface area (Å²) in [6.45, 7) is 11.3. The number of amides is 2. The second-order valence-electron chi connectivity index (χ2n) is 9.25. The van der Waals surface area contributed by atoms with Gasteiger partial charge in [-0.05, 0) is 63.3 Å². The summed E-state index contributed by atoms with van der Waals surface area (Å²) in [5.41, 5.74) is 4.12. The van der Waals surface area contributed by atoms with Crippen molar-refractivity contribution in [2.75, 3.05) is 17.1 Å². The minimum absolute atomic E-state index is 0.0327. The Morgan fingerprint density at radius 1 is 0.971 bits per heavy atom. The molecule has 0 heterocycles. The van der Waals surface area contributed by atoms with Crippen LogP contribution in [0.1, 0.15) is 55.9 Å². The predicted octanol–water partition coefficient (Wildman–Crippen LogP) is 4.10. The van der Waals surface area contributed by atoms with Crippen molar-refractivity contribution in [3.05, 3.63) is 64.7 Å². The maximum atomic E-state index is 13.8. The first kappa shape index (κ1) is 28.4. The van der Waals surface area contributed by atoms with Gasteiger partial charge in [-0.2, -0.15) is 0 Å². The lowest BCUT2D eigenvalue weighted by molar-refractivity contribution is -0.140. The molecule has 0 radical (unpaired) electrons. The van der Waals surface area contributed by atoms with Gasteiger partial charge in [0.05, 0.1) is 11.9 Å². The third kappa shape index (κ3) is 7.56. The van der Waals surface area contributed by atoms with E-state index >= 15 is 0 Å². The van der Waals surface area contributed by atoms with Crippen LogP contribution in [0.25, 0.3) is 0 Å². The molecule has 7 nitrogen and oxygen atoms in total. The van der Waals surface area contributed by atoms with Crippen molar-refractivity contribution in [3.63, 3.8) is 0 Å². The highest BCUT2D eigenvalue weighted by Gasteiger charge is 2.32. The first-order valence-electron chi connectivity index (χ1n) is 12.1. The summed E-state index contributed by atoms with van der Waals surface area (Å²) in [4.78, 5) is 28.5. The van der Waals surface area contributed by atoms with E-state index in [1.807, 2.05) is 77.9 Å². The topological polar surface area (TPSA) is 86.8 Å². The van der Waals surface area contributed by atoms with Gasteiger partial charge in [0, 0.05) is 12.6 Å². The summed E-state index contributed by atoms with van der Waals surface area (Å²) in [5, 5.41) is 2.98. The van der Waals surface area contributed by atoms with Crippen LogP contribution in [0.15, 0.2) is 42.5 Å². The fourth-order valence-electron chi connectivity index (χ4n) is 4.01. The zero-order chi connectivity index (χ0) is 26.3. The molecule has 0 aromatic heterocycles. The number of anilines is 1. The molecular formula is C27H39N3O4S. The van der Waals surface area contributed by atoms with E-state index < -0.39 is 22.0 Å². The lowest BCUT2D eigenvalue weighted by atomic mass is 10.1. The summed E-state index contributed by atoms with van der Waals surface area (Å²) in [6, 6.07) is 12.4. The highest BCUT2D eigenvalue weighted by molar-refractivity contribution is 7.92. The van der Waals surface area contributed by atoms with Crippen LogP contribution in [0.5, 0.6) is 0 Å². The molecule has 8 heteroatoms. The van der Waals surface area contributed by atoms with Gasteiger partial charge in [-0.15, -0.1) is 0 Å². The molecule has 0 fully saturated rings. The van der Waals surface area contributed by atoms with Gasteiger partial charge in [-0.3, -0.25) is 13.9 Å². The van der Waals surface area contributed by atoms with Crippen molar-refractivity contribution in [2.24, 2.45) is 0 Å². The maximum absolute atomic E-state index is 13.8. The molecule has 1 N–H and O–H groups in total. The minimum Gasteiger partial charge on any atom is -0.352 e. The molecule has 0 aliphatic carbocycles. The maximum Gasteiger partial charge on any atom is 0.244 e. The summed E-state index contributed by atoms with van der Waals surface area (Å²) < 4.78 is 26.7. The third-order valence-electron chi connectivity index (χ3n) is 6.29. The second-order valence-corrected chi connectivity index (χ2v) is 11.2. The van der Waals surface area contributed by atoms with Crippen molar-refractivity contribution in [1.29, 1.82) is 0 Å². The molecule has 192 valence electrons. The van der Waals surface area contributed by atoms with Gasteiger partial charge in [-0.1, -0.05) is 55.8 Å². The van der Waals surface area contributed by atoms with Gasteiger partial charge < -0.3 is 10.2 Å². The summed E-state index contributed by atoms with van der Waals surface area (Å²) >= 11 is 0. The van der Waals surface area contributed by atoms with E-state index in [2.05, 4.69) is 5.32 Å².